The van der Waals surface area contributed by atoms with Crippen molar-refractivity contribution in [3.63, 3.8) is 0 Å². The summed E-state index contributed by atoms with van der Waals surface area (Å²) in [5, 5.41) is 2.15. The molecule has 37 heavy (non-hydrogen) atoms. The largest absolute Gasteiger partial charge is 0.361 e. The number of carbonyl (C=O) groups excluding carboxylic acids is 2. The first-order valence-corrected chi connectivity index (χ1v) is 13.6. The van der Waals surface area contributed by atoms with Gasteiger partial charge in [0.2, 0.25) is 5.91 Å². The molecule has 2 saturated heterocycles. The van der Waals surface area contributed by atoms with Crippen LogP contribution in [0.3, 0.4) is 0 Å². The van der Waals surface area contributed by atoms with E-state index in [1.54, 1.807) is 35.2 Å². The number of fused-ring (bicyclic) bond motifs is 2. The number of halogens is 3. The Balaban J connectivity index is 0.00000190. The molecule has 0 bridgehead atoms. The maximum absolute atomic E-state index is 13.0. The lowest BCUT2D eigenvalue weighted by Crippen LogP contribution is -2.53. The van der Waals surface area contributed by atoms with Gasteiger partial charge in [-0.05, 0) is 47.9 Å². The van der Waals surface area contributed by atoms with E-state index >= 15 is 0 Å². The van der Waals surface area contributed by atoms with Crippen molar-refractivity contribution in [2.24, 2.45) is 5.73 Å². The summed E-state index contributed by atoms with van der Waals surface area (Å²) < 4.78 is 26.0. The summed E-state index contributed by atoms with van der Waals surface area (Å²) in [5.74, 6) is -0.816. The third-order valence-electron chi connectivity index (χ3n) is 6.95. The Labute approximate surface area is 233 Å². The van der Waals surface area contributed by atoms with Crippen molar-refractivity contribution >= 4 is 68.8 Å². The Hall–Kier alpha value is -2.24. The number of benzene rings is 2. The van der Waals surface area contributed by atoms with Crippen LogP contribution < -0.4 is 5.73 Å². The zero-order valence-corrected chi connectivity index (χ0v) is 23.5. The maximum atomic E-state index is 13.0. The van der Waals surface area contributed by atoms with E-state index < -0.39 is 21.6 Å². The number of piperidine rings is 1. The summed E-state index contributed by atoms with van der Waals surface area (Å²) in [5.41, 5.74) is 6.80. The lowest BCUT2D eigenvalue weighted by molar-refractivity contribution is -0.134. The van der Waals surface area contributed by atoms with Crippen LogP contribution in [0.2, 0.25) is 5.02 Å². The SMILES string of the molecule is CN1C=C2C(=O)N(C3CCN(C(=O)C(N)CS(=O)(=O)c4ccc5cc(Cl)ccc5c4)CC3)CN2C1.Cl.Cl. The molecule has 9 nitrogen and oxygen atoms in total. The first-order valence-electron chi connectivity index (χ1n) is 11.6. The summed E-state index contributed by atoms with van der Waals surface area (Å²) in [7, 11) is -1.83. The fourth-order valence-electron chi connectivity index (χ4n) is 5.09. The van der Waals surface area contributed by atoms with Crippen LogP contribution in [0.15, 0.2) is 53.2 Å². The van der Waals surface area contributed by atoms with Crippen LogP contribution >= 0.6 is 36.4 Å². The van der Waals surface area contributed by atoms with Gasteiger partial charge in [-0.15, -0.1) is 24.8 Å². The number of nitrogens with two attached hydrogens (primary N) is 1. The minimum Gasteiger partial charge on any atom is -0.361 e. The minimum absolute atomic E-state index is 0. The normalized spacial score (nSPS) is 18.9. The molecule has 3 aliphatic rings. The van der Waals surface area contributed by atoms with E-state index in [9.17, 15) is 18.0 Å². The Morgan fingerprint density at radius 2 is 1.73 bits per heavy atom. The van der Waals surface area contributed by atoms with Crippen LogP contribution in [0.1, 0.15) is 12.8 Å². The number of hydrogen-bond acceptors (Lipinski definition) is 7. The van der Waals surface area contributed by atoms with Gasteiger partial charge in [0.25, 0.3) is 5.91 Å². The van der Waals surface area contributed by atoms with Crippen LogP contribution in [0.5, 0.6) is 0 Å². The molecule has 2 aromatic rings. The molecule has 202 valence electrons. The number of nitrogens with zero attached hydrogens (tertiary/aromatic N) is 4. The highest BCUT2D eigenvalue weighted by Gasteiger charge is 2.41. The molecule has 2 amide bonds. The third-order valence-corrected chi connectivity index (χ3v) is 8.95. The zero-order chi connectivity index (χ0) is 24.9. The summed E-state index contributed by atoms with van der Waals surface area (Å²) in [6, 6.07) is 8.92. The van der Waals surface area contributed by atoms with Gasteiger partial charge in [0.15, 0.2) is 9.84 Å². The van der Waals surface area contributed by atoms with Crippen molar-refractivity contribution in [2.75, 3.05) is 39.2 Å². The first-order chi connectivity index (χ1) is 16.6. The molecule has 1 atom stereocenters. The molecule has 0 aliphatic carbocycles. The van der Waals surface area contributed by atoms with Crippen LogP contribution in [-0.2, 0) is 19.4 Å². The van der Waals surface area contributed by atoms with E-state index in [1.165, 1.54) is 6.07 Å². The van der Waals surface area contributed by atoms with Crippen LogP contribution in [-0.4, -0.2) is 91.1 Å². The molecular formula is C24H30Cl3N5O4S. The summed E-state index contributed by atoms with van der Waals surface area (Å²) in [6.07, 6.45) is 3.15. The van der Waals surface area contributed by atoms with Crippen molar-refractivity contribution in [1.29, 1.82) is 0 Å². The van der Waals surface area contributed by atoms with Gasteiger partial charge in [-0.1, -0.05) is 23.7 Å². The van der Waals surface area contributed by atoms with Crippen molar-refractivity contribution in [3.8, 4) is 0 Å². The van der Waals surface area contributed by atoms with E-state index in [0.29, 0.717) is 44.3 Å². The topological polar surface area (TPSA) is 107 Å². The quantitative estimate of drug-likeness (QED) is 0.569. The number of carbonyl (C=O) groups is 2. The number of rotatable bonds is 5. The molecule has 3 aliphatic heterocycles. The highest BCUT2D eigenvalue weighted by atomic mass is 35.5. The highest BCUT2D eigenvalue weighted by Crippen LogP contribution is 2.29. The van der Waals surface area contributed by atoms with Crippen molar-refractivity contribution in [3.05, 3.63) is 53.3 Å². The summed E-state index contributed by atoms with van der Waals surface area (Å²) in [6.45, 7) is 2.14. The van der Waals surface area contributed by atoms with E-state index in [-0.39, 0.29) is 47.6 Å². The first kappa shape index (κ1) is 29.3. The predicted molar refractivity (Wildman–Crippen MR) is 147 cm³/mol. The molecule has 0 saturated carbocycles. The van der Waals surface area contributed by atoms with Gasteiger partial charge in [-0.2, -0.15) is 0 Å². The van der Waals surface area contributed by atoms with Crippen molar-refractivity contribution in [1.82, 2.24) is 19.6 Å². The molecule has 0 spiro atoms. The molecule has 0 radical (unpaired) electrons. The Bertz CT molecular complexity index is 1330. The van der Waals surface area contributed by atoms with Crippen LogP contribution in [0.25, 0.3) is 10.8 Å². The van der Waals surface area contributed by atoms with E-state index in [0.717, 1.165) is 16.5 Å². The fraction of sp³-hybridized carbons (Fsp3) is 0.417. The smallest absolute Gasteiger partial charge is 0.273 e. The maximum Gasteiger partial charge on any atom is 0.273 e. The lowest BCUT2D eigenvalue weighted by atomic mass is 10.0. The zero-order valence-electron chi connectivity index (χ0n) is 20.2. The number of likely N-dealkylation sites (tertiary alicyclic amines) is 1. The average Bonchev–Trinajstić information content (AvgIpc) is 3.34. The minimum atomic E-state index is -3.76. The van der Waals surface area contributed by atoms with Gasteiger partial charge in [0.1, 0.15) is 5.70 Å². The summed E-state index contributed by atoms with van der Waals surface area (Å²) in [4.78, 5) is 33.4. The average molecular weight is 591 g/mol. The second-order valence-corrected chi connectivity index (χ2v) is 11.9. The molecule has 3 heterocycles. The standard InChI is InChI=1S/C24H28ClN5O4S.2ClH/c1-27-12-22-24(32)30(15-29(22)14-27)19-6-8-28(9-7-19)23(31)21(26)13-35(33,34)20-5-3-16-10-18(25)4-2-17(16)11-20;;/h2-5,10-12,19,21H,6-9,13-15,26H2,1H3;2*1H. The van der Waals surface area contributed by atoms with E-state index in [1.807, 2.05) is 27.9 Å². The Morgan fingerprint density at radius 3 is 2.41 bits per heavy atom. The Kier molecular flexibility index (Phi) is 8.91. The van der Waals surface area contributed by atoms with Gasteiger partial charge in [-0.3, -0.25) is 9.59 Å². The van der Waals surface area contributed by atoms with Crippen molar-refractivity contribution in [2.45, 2.75) is 29.8 Å². The Morgan fingerprint density at radius 1 is 1.08 bits per heavy atom. The van der Waals surface area contributed by atoms with Gasteiger partial charge in [0.05, 0.1) is 30.0 Å². The van der Waals surface area contributed by atoms with E-state index in [2.05, 4.69) is 0 Å². The predicted octanol–water partition coefficient (Wildman–Crippen LogP) is 2.27. The fourth-order valence-corrected chi connectivity index (χ4v) is 6.66. The molecular weight excluding hydrogens is 561 g/mol. The van der Waals surface area contributed by atoms with Gasteiger partial charge in [0, 0.05) is 37.4 Å². The number of sulfone groups is 1. The monoisotopic (exact) mass is 589 g/mol. The van der Waals surface area contributed by atoms with Gasteiger partial charge in [-0.25, -0.2) is 8.42 Å². The summed E-state index contributed by atoms with van der Waals surface area (Å²) >= 11 is 6.00. The molecule has 2 N–H and O–H groups in total. The molecule has 2 fully saturated rings. The van der Waals surface area contributed by atoms with Gasteiger partial charge >= 0.3 is 0 Å². The molecule has 5 rings (SSSR count). The van der Waals surface area contributed by atoms with Crippen LogP contribution in [0, 0.1) is 0 Å². The second-order valence-electron chi connectivity index (χ2n) is 9.47. The number of amides is 2. The lowest BCUT2D eigenvalue weighted by Gasteiger charge is -2.37. The molecule has 13 heteroatoms. The van der Waals surface area contributed by atoms with Crippen molar-refractivity contribution < 1.29 is 18.0 Å². The molecule has 0 aromatic heterocycles. The molecule has 1 unspecified atom stereocenters. The van der Waals surface area contributed by atoms with Crippen LogP contribution in [0.4, 0.5) is 0 Å². The number of hydrogen-bond donors (Lipinski definition) is 1. The van der Waals surface area contributed by atoms with E-state index in [4.69, 9.17) is 17.3 Å². The van der Waals surface area contributed by atoms with Gasteiger partial charge < -0.3 is 25.3 Å². The highest BCUT2D eigenvalue weighted by molar-refractivity contribution is 7.91. The molecule has 2 aromatic carbocycles. The second kappa shape index (κ2) is 11.2. The third kappa shape index (κ3) is 5.78.